The van der Waals surface area contributed by atoms with E-state index in [9.17, 15) is 0 Å². The van der Waals surface area contributed by atoms with Crippen LogP contribution in [0.15, 0.2) is 9.98 Å². The second-order valence-electron chi connectivity index (χ2n) is 1.28. The van der Waals surface area contributed by atoms with Crippen molar-refractivity contribution in [3.8, 4) is 0 Å². The van der Waals surface area contributed by atoms with Gasteiger partial charge in [-0.05, 0) is 23.2 Å². The van der Waals surface area contributed by atoms with Crippen LogP contribution in [0.25, 0.3) is 0 Å². The molecule has 1 N–H and O–H groups in total. The molecule has 0 aromatic rings. The highest BCUT2D eigenvalue weighted by Gasteiger charge is 2.09. The first-order valence-corrected chi connectivity index (χ1v) is 3.26. The lowest BCUT2D eigenvalue weighted by atomic mass is 10.9. The molecule has 0 fully saturated rings. The van der Waals surface area contributed by atoms with Gasteiger partial charge in [-0.15, -0.1) is 0 Å². The molecule has 0 saturated heterocycles. The molecule has 0 aliphatic carbocycles. The number of amidine groups is 2. The van der Waals surface area contributed by atoms with Gasteiger partial charge in [-0.3, -0.25) is 0 Å². The van der Waals surface area contributed by atoms with Gasteiger partial charge < -0.3 is 5.32 Å². The first-order valence-electron chi connectivity index (χ1n) is 2.06. The highest BCUT2D eigenvalue weighted by Crippen LogP contribution is 2.04. The van der Waals surface area contributed by atoms with Gasteiger partial charge in [0.15, 0.2) is 5.62 Å². The van der Waals surface area contributed by atoms with Crippen molar-refractivity contribution in [2.24, 2.45) is 9.98 Å². The van der Waals surface area contributed by atoms with E-state index in [-0.39, 0.29) is 10.6 Å². The zero-order chi connectivity index (χ0) is 6.85. The van der Waals surface area contributed by atoms with Gasteiger partial charge in [0, 0.05) is 0 Å². The maximum Gasteiger partial charge on any atom is 0.223 e. The lowest BCUT2D eigenvalue weighted by Crippen LogP contribution is -2.29. The van der Waals surface area contributed by atoms with E-state index in [0.29, 0.717) is 0 Å². The van der Waals surface area contributed by atoms with Gasteiger partial charge in [0.2, 0.25) is 10.6 Å². The minimum absolute atomic E-state index is 0.0683. The Kier molecular flexibility index (Phi) is 2.16. The number of aliphatic imine (C=N–C) groups is 2. The lowest BCUT2D eigenvalue weighted by molar-refractivity contribution is 0.845. The third-order valence-corrected chi connectivity index (χ3v) is 1.23. The minimum Gasteiger partial charge on any atom is -0.326 e. The van der Waals surface area contributed by atoms with E-state index in [0.717, 1.165) is 0 Å². The van der Waals surface area contributed by atoms with Crippen LogP contribution < -0.4 is 5.32 Å². The second-order valence-corrected chi connectivity index (χ2v) is 2.39. The molecule has 0 aromatic heterocycles. The largest absolute Gasteiger partial charge is 0.326 e. The van der Waals surface area contributed by atoms with Crippen molar-refractivity contribution in [3.05, 3.63) is 0 Å². The summed E-state index contributed by atoms with van der Waals surface area (Å²) in [5, 5.41) is 2.75. The molecule has 0 saturated carbocycles. The van der Waals surface area contributed by atoms with E-state index in [1.54, 1.807) is 0 Å². The average Bonchev–Trinajstić information content (AvgIpc) is 1.59. The first kappa shape index (κ1) is 7.12. The molecule has 0 amide bonds. The van der Waals surface area contributed by atoms with Crippen molar-refractivity contribution in [3.63, 3.8) is 0 Å². The SMILES string of the molecule is ClC1=NC(Cl)NC(Cl)=N1. The van der Waals surface area contributed by atoms with E-state index in [1.807, 2.05) is 0 Å². The van der Waals surface area contributed by atoms with Gasteiger partial charge in [-0.2, -0.15) is 4.99 Å². The standard InChI is InChI=1S/C3H2Cl3N3/c4-1-7-2(5)9-3(6)8-1/h1H,(H,7,8,9). The van der Waals surface area contributed by atoms with Gasteiger partial charge in [0.05, 0.1) is 0 Å². The van der Waals surface area contributed by atoms with Crippen molar-refractivity contribution >= 4 is 45.4 Å². The summed E-state index contributed by atoms with van der Waals surface area (Å²) < 4.78 is 0. The third-order valence-electron chi connectivity index (χ3n) is 0.649. The Bertz CT molecular complexity index is 175. The molecule has 1 atom stereocenters. The predicted molar refractivity (Wildman–Crippen MR) is 39.4 cm³/mol. The summed E-state index contributed by atoms with van der Waals surface area (Å²) in [4.78, 5) is 7.13. The van der Waals surface area contributed by atoms with Crippen LogP contribution in [-0.4, -0.2) is 16.2 Å². The number of hydrogen-bond acceptors (Lipinski definition) is 3. The average molecular weight is 186 g/mol. The maximum absolute atomic E-state index is 5.46. The first-order chi connectivity index (χ1) is 4.18. The number of alkyl halides is 1. The fourth-order valence-corrected chi connectivity index (χ4v) is 1.08. The van der Waals surface area contributed by atoms with Crippen molar-refractivity contribution < 1.29 is 0 Å². The number of nitrogens with one attached hydrogen (secondary N) is 1. The molecule has 0 spiro atoms. The minimum atomic E-state index is -0.595. The molecule has 50 valence electrons. The summed E-state index contributed by atoms with van der Waals surface area (Å²) in [6.45, 7) is 0. The normalized spacial score (nSPS) is 26.3. The smallest absolute Gasteiger partial charge is 0.223 e. The van der Waals surface area contributed by atoms with E-state index < -0.39 is 5.62 Å². The Balaban J connectivity index is 2.74. The summed E-state index contributed by atoms with van der Waals surface area (Å²) in [5.74, 6) is 0. The Labute approximate surface area is 66.7 Å². The Morgan fingerprint density at radius 2 is 2.11 bits per heavy atom. The maximum atomic E-state index is 5.46. The second kappa shape index (κ2) is 2.73. The predicted octanol–water partition coefficient (Wildman–Crippen LogP) is 1.30. The van der Waals surface area contributed by atoms with Crippen molar-refractivity contribution in [2.45, 2.75) is 5.62 Å². The van der Waals surface area contributed by atoms with Crippen LogP contribution >= 0.6 is 34.8 Å². The van der Waals surface area contributed by atoms with Crippen molar-refractivity contribution in [1.82, 2.24) is 5.32 Å². The van der Waals surface area contributed by atoms with Crippen LogP contribution in [0.1, 0.15) is 0 Å². The summed E-state index contributed by atoms with van der Waals surface area (Å²) in [7, 11) is 0. The van der Waals surface area contributed by atoms with E-state index in [2.05, 4.69) is 15.3 Å². The van der Waals surface area contributed by atoms with Crippen LogP contribution in [0.2, 0.25) is 0 Å². The van der Waals surface area contributed by atoms with Gasteiger partial charge >= 0.3 is 0 Å². The van der Waals surface area contributed by atoms with Crippen molar-refractivity contribution in [2.75, 3.05) is 0 Å². The summed E-state index contributed by atoms with van der Waals surface area (Å²) in [6.07, 6.45) is 0. The molecule has 6 heteroatoms. The van der Waals surface area contributed by atoms with Crippen LogP contribution in [0, 0.1) is 0 Å². The zero-order valence-electron chi connectivity index (χ0n) is 4.11. The zero-order valence-corrected chi connectivity index (χ0v) is 6.37. The van der Waals surface area contributed by atoms with Gasteiger partial charge in [0.25, 0.3) is 0 Å². The highest BCUT2D eigenvalue weighted by atomic mass is 35.5. The molecule has 0 radical (unpaired) electrons. The van der Waals surface area contributed by atoms with Crippen LogP contribution in [0.4, 0.5) is 0 Å². The van der Waals surface area contributed by atoms with E-state index in [1.165, 1.54) is 0 Å². The number of halogens is 3. The molecule has 1 heterocycles. The molecule has 0 bridgehead atoms. The molecule has 3 nitrogen and oxygen atoms in total. The monoisotopic (exact) mass is 185 g/mol. The topological polar surface area (TPSA) is 36.8 Å². The van der Waals surface area contributed by atoms with Crippen LogP contribution in [0.5, 0.6) is 0 Å². The fraction of sp³-hybridized carbons (Fsp3) is 0.333. The van der Waals surface area contributed by atoms with Crippen LogP contribution in [-0.2, 0) is 0 Å². The van der Waals surface area contributed by atoms with E-state index >= 15 is 0 Å². The van der Waals surface area contributed by atoms with Gasteiger partial charge in [-0.25, -0.2) is 4.99 Å². The molecule has 1 unspecified atom stereocenters. The Morgan fingerprint density at radius 1 is 1.44 bits per heavy atom. The molecular formula is C3H2Cl3N3. The Morgan fingerprint density at radius 3 is 2.56 bits per heavy atom. The molecule has 9 heavy (non-hydrogen) atoms. The molecular weight excluding hydrogens is 184 g/mol. The third kappa shape index (κ3) is 2.01. The van der Waals surface area contributed by atoms with Crippen LogP contribution in [0.3, 0.4) is 0 Å². The number of rotatable bonds is 0. The molecule has 1 aliphatic heterocycles. The van der Waals surface area contributed by atoms with Gasteiger partial charge in [-0.1, -0.05) is 11.6 Å². The number of hydrogen-bond donors (Lipinski definition) is 1. The highest BCUT2D eigenvalue weighted by molar-refractivity contribution is 6.72. The van der Waals surface area contributed by atoms with E-state index in [4.69, 9.17) is 34.8 Å². The quantitative estimate of drug-likeness (QED) is 0.449. The summed E-state index contributed by atoms with van der Waals surface area (Å²) >= 11 is 16.2. The molecule has 0 aromatic carbocycles. The van der Waals surface area contributed by atoms with Gasteiger partial charge in [0.1, 0.15) is 0 Å². The van der Waals surface area contributed by atoms with Crippen molar-refractivity contribution in [1.29, 1.82) is 0 Å². The fourth-order valence-electron chi connectivity index (χ4n) is 0.366. The molecule has 1 rings (SSSR count). The summed E-state index contributed by atoms with van der Waals surface area (Å²) in [5.41, 5.74) is -0.595. The lowest BCUT2D eigenvalue weighted by Gasteiger charge is -2.10. The number of nitrogens with zero attached hydrogens (tertiary/aromatic N) is 2. The molecule has 1 aliphatic rings. The Hall–Kier alpha value is 0.01000. The summed E-state index contributed by atoms with van der Waals surface area (Å²) in [6, 6.07) is 0.